The van der Waals surface area contributed by atoms with Gasteiger partial charge in [-0.05, 0) is 25.0 Å². The zero-order valence-corrected chi connectivity index (χ0v) is 11.2. The molecule has 0 radical (unpaired) electrons. The molecule has 1 unspecified atom stereocenters. The molecule has 4 heteroatoms. The average molecular weight is 254 g/mol. The van der Waals surface area contributed by atoms with E-state index in [1.165, 1.54) is 11.8 Å². The Morgan fingerprint density at radius 3 is 2.59 bits per heavy atom. The molecule has 0 saturated carbocycles. The quantitative estimate of drug-likeness (QED) is 0.623. The van der Waals surface area contributed by atoms with Crippen LogP contribution < -0.4 is 0 Å². The number of carboxylic acids is 1. The minimum Gasteiger partial charge on any atom is -0.478 e. The van der Waals surface area contributed by atoms with Crippen LogP contribution in [0.3, 0.4) is 0 Å². The minimum absolute atomic E-state index is 0.0436. The zero-order chi connectivity index (χ0) is 12.8. The van der Waals surface area contributed by atoms with Gasteiger partial charge in [-0.25, -0.2) is 4.79 Å². The predicted octanol–water partition coefficient (Wildman–Crippen LogP) is 3.50. The molecule has 1 N–H and O–H groups in total. The van der Waals surface area contributed by atoms with Crippen LogP contribution in [0.25, 0.3) is 0 Å². The van der Waals surface area contributed by atoms with Crippen LogP contribution >= 0.6 is 11.8 Å². The summed E-state index contributed by atoms with van der Waals surface area (Å²) in [5.74, 6) is -0.420. The lowest BCUT2D eigenvalue weighted by Crippen LogP contribution is -2.10. The molecule has 3 nitrogen and oxygen atoms in total. The van der Waals surface area contributed by atoms with Crippen LogP contribution in [0.5, 0.6) is 0 Å². The fourth-order valence-corrected chi connectivity index (χ4v) is 2.23. The van der Waals surface area contributed by atoms with Gasteiger partial charge < -0.3 is 9.84 Å². The van der Waals surface area contributed by atoms with Crippen LogP contribution in [0.2, 0.25) is 0 Å². The summed E-state index contributed by atoms with van der Waals surface area (Å²) in [5, 5.41) is 9.04. The molecule has 0 heterocycles. The summed E-state index contributed by atoms with van der Waals surface area (Å²) in [6, 6.07) is 6.99. The summed E-state index contributed by atoms with van der Waals surface area (Å²) in [4.78, 5) is 11.8. The van der Waals surface area contributed by atoms with Crippen molar-refractivity contribution >= 4 is 17.7 Å². The number of carbonyl (C=O) groups is 1. The topological polar surface area (TPSA) is 46.5 Å². The van der Waals surface area contributed by atoms with E-state index in [0.29, 0.717) is 18.1 Å². The zero-order valence-electron chi connectivity index (χ0n) is 10.3. The Kier molecular flexibility index (Phi) is 5.51. The van der Waals surface area contributed by atoms with Gasteiger partial charge in [0, 0.05) is 4.90 Å². The van der Waals surface area contributed by atoms with Crippen molar-refractivity contribution < 1.29 is 14.6 Å². The number of hydrogen-bond acceptors (Lipinski definition) is 3. The van der Waals surface area contributed by atoms with Crippen LogP contribution in [-0.2, 0) is 4.74 Å². The second-order valence-electron chi connectivity index (χ2n) is 4.21. The summed E-state index contributed by atoms with van der Waals surface area (Å²) in [7, 11) is 0. The van der Waals surface area contributed by atoms with E-state index in [1.54, 1.807) is 12.1 Å². The van der Waals surface area contributed by atoms with Gasteiger partial charge in [-0.15, -0.1) is 0 Å². The van der Waals surface area contributed by atoms with E-state index in [4.69, 9.17) is 9.84 Å². The molecule has 94 valence electrons. The summed E-state index contributed by atoms with van der Waals surface area (Å²) in [6.07, 6.45) is 0. The van der Waals surface area contributed by atoms with E-state index < -0.39 is 5.97 Å². The average Bonchev–Trinajstić information content (AvgIpc) is 2.27. The molecule has 0 amide bonds. The fraction of sp³-hybridized carbons (Fsp3) is 0.462. The third kappa shape index (κ3) is 4.79. The number of hydrogen-bond donors (Lipinski definition) is 1. The van der Waals surface area contributed by atoms with Crippen molar-refractivity contribution in [3.05, 3.63) is 29.8 Å². The molecule has 0 fully saturated rings. The van der Waals surface area contributed by atoms with Gasteiger partial charge in [0.1, 0.15) is 5.44 Å². The lowest BCUT2D eigenvalue weighted by molar-refractivity contribution is 0.0693. The van der Waals surface area contributed by atoms with Gasteiger partial charge >= 0.3 is 5.97 Å². The second-order valence-corrected chi connectivity index (χ2v) is 5.55. The summed E-state index contributed by atoms with van der Waals surface area (Å²) >= 11 is 1.44. The lowest BCUT2D eigenvalue weighted by atomic mass is 10.2. The summed E-state index contributed by atoms with van der Waals surface area (Å²) in [5.41, 5.74) is 0.287. The molecule has 1 atom stereocenters. The highest BCUT2D eigenvalue weighted by Gasteiger charge is 2.13. The molecule has 0 aliphatic rings. The Hall–Kier alpha value is -1.00. The van der Waals surface area contributed by atoms with E-state index in [0.717, 1.165) is 4.90 Å². The highest BCUT2D eigenvalue weighted by molar-refractivity contribution is 7.99. The summed E-state index contributed by atoms with van der Waals surface area (Å²) in [6.45, 7) is 6.79. The molecule has 0 aliphatic heterocycles. The van der Waals surface area contributed by atoms with Gasteiger partial charge in [0.05, 0.1) is 12.2 Å². The van der Waals surface area contributed by atoms with Crippen molar-refractivity contribution in [3.8, 4) is 0 Å². The molecule has 0 spiro atoms. The number of aromatic carboxylic acids is 1. The third-order valence-electron chi connectivity index (χ3n) is 2.07. The fourth-order valence-electron chi connectivity index (χ4n) is 1.29. The van der Waals surface area contributed by atoms with E-state index in [2.05, 4.69) is 13.8 Å². The van der Waals surface area contributed by atoms with Crippen LogP contribution in [0.1, 0.15) is 31.1 Å². The normalized spacial score (nSPS) is 12.7. The first-order valence-electron chi connectivity index (χ1n) is 5.61. The van der Waals surface area contributed by atoms with E-state index in [9.17, 15) is 4.79 Å². The van der Waals surface area contributed by atoms with Gasteiger partial charge in [0.25, 0.3) is 0 Å². The molecular formula is C13H18O3S. The van der Waals surface area contributed by atoms with Crippen molar-refractivity contribution in [2.75, 3.05) is 6.61 Å². The largest absolute Gasteiger partial charge is 0.478 e. The number of ether oxygens (including phenoxy) is 1. The number of carboxylic acid groups (broad SMARTS) is 1. The predicted molar refractivity (Wildman–Crippen MR) is 69.5 cm³/mol. The summed E-state index contributed by atoms with van der Waals surface area (Å²) < 4.78 is 5.61. The maximum atomic E-state index is 11.0. The first kappa shape index (κ1) is 14.1. The second kappa shape index (κ2) is 6.67. The van der Waals surface area contributed by atoms with Crippen LogP contribution in [0.4, 0.5) is 0 Å². The van der Waals surface area contributed by atoms with Gasteiger partial charge in [0.15, 0.2) is 0 Å². The molecule has 0 saturated heterocycles. The smallest absolute Gasteiger partial charge is 0.336 e. The van der Waals surface area contributed by atoms with E-state index in [1.807, 2.05) is 19.1 Å². The molecular weight excluding hydrogens is 236 g/mol. The number of thioether (sulfide) groups is 1. The SMILES string of the molecule is CC(C)COC(C)Sc1ccccc1C(=O)O. The third-order valence-corrected chi connectivity index (χ3v) is 3.15. The maximum absolute atomic E-state index is 11.0. The van der Waals surface area contributed by atoms with E-state index in [-0.39, 0.29) is 5.44 Å². The van der Waals surface area contributed by atoms with E-state index >= 15 is 0 Å². The lowest BCUT2D eigenvalue weighted by Gasteiger charge is -2.15. The standard InChI is InChI=1S/C13H18O3S/c1-9(2)8-16-10(3)17-12-7-5-4-6-11(12)13(14)15/h4-7,9-10H,8H2,1-3H3,(H,14,15). The minimum atomic E-state index is -0.899. The molecule has 1 rings (SSSR count). The highest BCUT2D eigenvalue weighted by atomic mass is 32.2. The number of benzene rings is 1. The Morgan fingerprint density at radius 2 is 2.00 bits per heavy atom. The monoisotopic (exact) mass is 254 g/mol. The maximum Gasteiger partial charge on any atom is 0.336 e. The van der Waals surface area contributed by atoms with Crippen LogP contribution in [-0.4, -0.2) is 23.1 Å². The van der Waals surface area contributed by atoms with Crippen molar-refractivity contribution in [1.29, 1.82) is 0 Å². The van der Waals surface area contributed by atoms with Gasteiger partial charge in [0.2, 0.25) is 0 Å². The Balaban J connectivity index is 2.64. The number of rotatable bonds is 6. The Labute approximate surface area is 106 Å². The van der Waals surface area contributed by atoms with Crippen LogP contribution in [0, 0.1) is 5.92 Å². The van der Waals surface area contributed by atoms with Crippen molar-refractivity contribution in [1.82, 2.24) is 0 Å². The first-order valence-corrected chi connectivity index (χ1v) is 6.49. The first-order chi connectivity index (χ1) is 8.00. The molecule has 1 aromatic carbocycles. The van der Waals surface area contributed by atoms with Crippen LogP contribution in [0.15, 0.2) is 29.2 Å². The van der Waals surface area contributed by atoms with Gasteiger partial charge in [-0.3, -0.25) is 0 Å². The molecule has 17 heavy (non-hydrogen) atoms. The van der Waals surface area contributed by atoms with Crippen molar-refractivity contribution in [3.63, 3.8) is 0 Å². The van der Waals surface area contributed by atoms with Crippen molar-refractivity contribution in [2.24, 2.45) is 5.92 Å². The Morgan fingerprint density at radius 1 is 1.35 bits per heavy atom. The van der Waals surface area contributed by atoms with Gasteiger partial charge in [-0.1, -0.05) is 37.7 Å². The van der Waals surface area contributed by atoms with Gasteiger partial charge in [-0.2, -0.15) is 0 Å². The molecule has 0 aliphatic carbocycles. The Bertz CT molecular complexity index is 377. The molecule has 1 aromatic rings. The molecule has 0 bridgehead atoms. The highest BCUT2D eigenvalue weighted by Crippen LogP contribution is 2.27. The van der Waals surface area contributed by atoms with Crippen molar-refractivity contribution in [2.45, 2.75) is 31.1 Å². The molecule has 0 aromatic heterocycles.